The second-order valence-electron chi connectivity index (χ2n) is 6.00. The van der Waals surface area contributed by atoms with Gasteiger partial charge in [0.05, 0.1) is 7.11 Å². The predicted molar refractivity (Wildman–Crippen MR) is 99.8 cm³/mol. The fraction of sp³-hybridized carbons (Fsp3) is 0.200. The number of rotatable bonds is 4. The first-order valence-corrected chi connectivity index (χ1v) is 8.07. The summed E-state index contributed by atoms with van der Waals surface area (Å²) >= 11 is 0. The first kappa shape index (κ1) is 16.8. The minimum Gasteiger partial charge on any atom is -0.467 e. The Labute approximate surface area is 145 Å². The summed E-state index contributed by atoms with van der Waals surface area (Å²) in [7, 11) is 1.35. The number of aromatic amines is 1. The zero-order chi connectivity index (χ0) is 18.0. The van der Waals surface area contributed by atoms with Gasteiger partial charge in [0.15, 0.2) is 0 Å². The zero-order valence-corrected chi connectivity index (χ0v) is 14.4. The van der Waals surface area contributed by atoms with Crippen molar-refractivity contribution in [1.82, 2.24) is 4.98 Å². The lowest BCUT2D eigenvalue weighted by Crippen LogP contribution is -2.27. The molecular weight excluding hydrogens is 316 g/mol. The van der Waals surface area contributed by atoms with Gasteiger partial charge in [-0.2, -0.15) is 0 Å². The molecule has 2 aromatic carbocycles. The monoisotopic (exact) mass is 336 g/mol. The van der Waals surface area contributed by atoms with E-state index in [9.17, 15) is 9.59 Å². The second-order valence-corrected chi connectivity index (χ2v) is 6.00. The summed E-state index contributed by atoms with van der Waals surface area (Å²) < 4.78 is 4.72. The Balaban J connectivity index is 2.10. The van der Waals surface area contributed by atoms with E-state index in [1.807, 2.05) is 43.3 Å². The van der Waals surface area contributed by atoms with Crippen LogP contribution in [0.15, 0.2) is 53.5 Å². The van der Waals surface area contributed by atoms with E-state index in [0.29, 0.717) is 11.1 Å². The van der Waals surface area contributed by atoms with Gasteiger partial charge >= 0.3 is 5.97 Å². The van der Waals surface area contributed by atoms with Crippen molar-refractivity contribution in [2.75, 3.05) is 12.4 Å². The second kappa shape index (κ2) is 6.81. The number of carbonyl (C=O) groups is 1. The molecule has 0 saturated carbocycles. The third-order valence-electron chi connectivity index (χ3n) is 4.28. The summed E-state index contributed by atoms with van der Waals surface area (Å²) in [5.41, 5.74) is 3.71. The molecule has 5 heteroatoms. The quantitative estimate of drug-likeness (QED) is 0.716. The lowest BCUT2D eigenvalue weighted by molar-refractivity contribution is -0.141. The largest absolute Gasteiger partial charge is 0.467 e. The molecule has 0 radical (unpaired) electrons. The van der Waals surface area contributed by atoms with E-state index in [1.54, 1.807) is 19.2 Å². The smallest absolute Gasteiger partial charge is 0.327 e. The summed E-state index contributed by atoms with van der Waals surface area (Å²) in [5, 5.41) is 4.50. The average molecular weight is 336 g/mol. The first-order valence-electron chi connectivity index (χ1n) is 8.07. The molecule has 0 aliphatic rings. The minimum absolute atomic E-state index is 0.165. The van der Waals surface area contributed by atoms with Crippen LogP contribution in [0, 0.1) is 6.92 Å². The number of H-pyrrole nitrogens is 1. The third-order valence-corrected chi connectivity index (χ3v) is 4.28. The van der Waals surface area contributed by atoms with Crippen molar-refractivity contribution in [1.29, 1.82) is 0 Å². The number of hydrogen-bond acceptors (Lipinski definition) is 4. The van der Waals surface area contributed by atoms with Crippen LogP contribution in [0.2, 0.25) is 0 Å². The summed E-state index contributed by atoms with van der Waals surface area (Å²) in [5.74, 6) is -0.359. The van der Waals surface area contributed by atoms with Crippen LogP contribution in [0.1, 0.15) is 12.5 Å². The molecule has 1 heterocycles. The molecule has 0 bridgehead atoms. The highest BCUT2D eigenvalue weighted by Crippen LogP contribution is 2.30. The van der Waals surface area contributed by atoms with Gasteiger partial charge in [0, 0.05) is 22.8 Å². The van der Waals surface area contributed by atoms with Gasteiger partial charge in [0.2, 0.25) is 0 Å². The summed E-state index contributed by atoms with van der Waals surface area (Å²) in [4.78, 5) is 26.7. The van der Waals surface area contributed by atoms with E-state index >= 15 is 0 Å². The molecule has 0 saturated heterocycles. The van der Waals surface area contributed by atoms with Crippen LogP contribution in [0.3, 0.4) is 0 Å². The maximum absolute atomic E-state index is 12.3. The SMILES string of the molecule is COC(=O)[C@H](C)Nc1ccc2c(-c3ccccc3C)c[nH]c(=O)c2c1. The van der Waals surface area contributed by atoms with Crippen LogP contribution in [0.5, 0.6) is 0 Å². The fourth-order valence-electron chi connectivity index (χ4n) is 2.93. The Morgan fingerprint density at radius 3 is 2.60 bits per heavy atom. The Hall–Kier alpha value is -3.08. The van der Waals surface area contributed by atoms with Crippen LogP contribution >= 0.6 is 0 Å². The number of aryl methyl sites for hydroxylation is 1. The Bertz CT molecular complexity index is 992. The number of fused-ring (bicyclic) bond motifs is 1. The van der Waals surface area contributed by atoms with Crippen molar-refractivity contribution in [3.8, 4) is 11.1 Å². The molecule has 128 valence electrons. The summed E-state index contributed by atoms with van der Waals surface area (Å²) in [6.45, 7) is 3.75. The van der Waals surface area contributed by atoms with Gasteiger partial charge in [-0.25, -0.2) is 4.79 Å². The van der Waals surface area contributed by atoms with Crippen molar-refractivity contribution in [2.24, 2.45) is 0 Å². The number of esters is 1. The van der Waals surface area contributed by atoms with Crippen LogP contribution in [0.4, 0.5) is 5.69 Å². The molecule has 5 nitrogen and oxygen atoms in total. The van der Waals surface area contributed by atoms with E-state index in [2.05, 4.69) is 10.3 Å². The van der Waals surface area contributed by atoms with Crippen LogP contribution in [-0.2, 0) is 9.53 Å². The van der Waals surface area contributed by atoms with Gasteiger partial charge in [-0.3, -0.25) is 4.79 Å². The van der Waals surface area contributed by atoms with E-state index in [0.717, 1.165) is 22.1 Å². The minimum atomic E-state index is -0.499. The number of carbonyl (C=O) groups excluding carboxylic acids is 1. The van der Waals surface area contributed by atoms with E-state index in [-0.39, 0.29) is 11.5 Å². The van der Waals surface area contributed by atoms with E-state index < -0.39 is 6.04 Å². The molecule has 1 atom stereocenters. The molecular formula is C20H20N2O3. The molecule has 1 aromatic heterocycles. The number of pyridine rings is 1. The Kier molecular flexibility index (Phi) is 4.57. The summed E-state index contributed by atoms with van der Waals surface area (Å²) in [6.07, 6.45) is 1.75. The predicted octanol–water partition coefficient (Wildman–Crippen LogP) is 3.48. The van der Waals surface area contributed by atoms with Gasteiger partial charge in [-0.05, 0) is 42.5 Å². The van der Waals surface area contributed by atoms with Crippen molar-refractivity contribution < 1.29 is 9.53 Å². The van der Waals surface area contributed by atoms with Gasteiger partial charge in [-0.15, -0.1) is 0 Å². The van der Waals surface area contributed by atoms with Crippen molar-refractivity contribution in [3.05, 3.63) is 64.6 Å². The van der Waals surface area contributed by atoms with Crippen molar-refractivity contribution >= 4 is 22.4 Å². The van der Waals surface area contributed by atoms with E-state index in [4.69, 9.17) is 4.74 Å². The topological polar surface area (TPSA) is 71.2 Å². The van der Waals surface area contributed by atoms with Gasteiger partial charge in [0.1, 0.15) is 6.04 Å². The van der Waals surface area contributed by atoms with Crippen LogP contribution in [-0.4, -0.2) is 24.1 Å². The highest BCUT2D eigenvalue weighted by atomic mass is 16.5. The maximum Gasteiger partial charge on any atom is 0.327 e. The molecule has 25 heavy (non-hydrogen) atoms. The van der Waals surface area contributed by atoms with Gasteiger partial charge in [0.25, 0.3) is 5.56 Å². The van der Waals surface area contributed by atoms with Crippen LogP contribution in [0.25, 0.3) is 21.9 Å². The third kappa shape index (κ3) is 3.26. The number of aromatic nitrogens is 1. The van der Waals surface area contributed by atoms with E-state index in [1.165, 1.54) is 7.11 Å². The number of benzene rings is 2. The highest BCUT2D eigenvalue weighted by molar-refractivity contribution is 5.98. The normalized spacial score (nSPS) is 12.0. The first-order chi connectivity index (χ1) is 12.0. The van der Waals surface area contributed by atoms with Crippen LogP contribution < -0.4 is 10.9 Å². The fourth-order valence-corrected chi connectivity index (χ4v) is 2.93. The van der Waals surface area contributed by atoms with Gasteiger partial charge in [-0.1, -0.05) is 30.3 Å². The van der Waals surface area contributed by atoms with Gasteiger partial charge < -0.3 is 15.0 Å². The molecule has 0 unspecified atom stereocenters. The molecule has 0 aliphatic heterocycles. The molecule has 0 spiro atoms. The Morgan fingerprint density at radius 1 is 1.12 bits per heavy atom. The molecule has 0 fully saturated rings. The molecule has 2 N–H and O–H groups in total. The number of nitrogens with one attached hydrogen (secondary N) is 2. The molecule has 3 rings (SSSR count). The number of ether oxygens (including phenoxy) is 1. The number of anilines is 1. The molecule has 0 aliphatic carbocycles. The van der Waals surface area contributed by atoms with Crippen molar-refractivity contribution in [2.45, 2.75) is 19.9 Å². The summed E-state index contributed by atoms with van der Waals surface area (Å²) in [6, 6.07) is 13.1. The number of hydrogen-bond donors (Lipinski definition) is 2. The lowest BCUT2D eigenvalue weighted by Gasteiger charge is -2.14. The molecule has 3 aromatic rings. The average Bonchev–Trinajstić information content (AvgIpc) is 2.62. The number of methoxy groups -OCH3 is 1. The van der Waals surface area contributed by atoms with Crippen molar-refractivity contribution in [3.63, 3.8) is 0 Å². The standard InChI is InChI=1S/C20H20N2O3/c1-12-6-4-5-7-15(12)18-11-21-19(23)17-10-14(8-9-16(17)18)22-13(2)20(24)25-3/h4-11,13,22H,1-3H3,(H,21,23)/t13-/m0/s1. The Morgan fingerprint density at radius 2 is 1.88 bits per heavy atom. The highest BCUT2D eigenvalue weighted by Gasteiger charge is 2.14. The lowest BCUT2D eigenvalue weighted by atomic mass is 9.97. The maximum atomic E-state index is 12.3. The molecule has 0 amide bonds. The zero-order valence-electron chi connectivity index (χ0n) is 14.4.